The number of nitrogens with zero attached hydrogens (tertiary/aromatic N) is 1. The van der Waals surface area contributed by atoms with Crippen LogP contribution in [-0.4, -0.2) is 22.1 Å². The first-order valence-electron chi connectivity index (χ1n) is 9.40. The molecule has 1 heterocycles. The molecule has 0 fully saturated rings. The summed E-state index contributed by atoms with van der Waals surface area (Å²) in [6, 6.07) is 13.9. The molecule has 6 heteroatoms. The van der Waals surface area contributed by atoms with Crippen LogP contribution in [0.25, 0.3) is 10.8 Å². The molecule has 3 rings (SSSR count). The van der Waals surface area contributed by atoms with E-state index >= 15 is 0 Å². The number of aromatic nitrogens is 2. The van der Waals surface area contributed by atoms with Gasteiger partial charge in [-0.05, 0) is 29.2 Å². The van der Waals surface area contributed by atoms with Crippen molar-refractivity contribution in [2.75, 3.05) is 6.61 Å². The number of aromatic amines is 1. The van der Waals surface area contributed by atoms with Gasteiger partial charge in [-0.25, -0.2) is 4.79 Å². The van der Waals surface area contributed by atoms with Crippen LogP contribution in [0.15, 0.2) is 52.1 Å². The maximum Gasteiger partial charge on any atom is 0.329 e. The zero-order valence-electron chi connectivity index (χ0n) is 16.3. The quantitative estimate of drug-likeness (QED) is 0.667. The Kier molecular flexibility index (Phi) is 5.78. The number of carbonyl (C=O) groups is 1. The number of fused-ring (bicyclic) bond motifs is 1. The zero-order chi connectivity index (χ0) is 20.3. The summed E-state index contributed by atoms with van der Waals surface area (Å²) >= 11 is 0. The Balaban J connectivity index is 2.20. The summed E-state index contributed by atoms with van der Waals surface area (Å²) in [6.45, 7) is 5.51. The number of hydrogen-bond acceptors (Lipinski definition) is 4. The van der Waals surface area contributed by atoms with E-state index in [9.17, 15) is 14.4 Å². The second-order valence-electron chi connectivity index (χ2n) is 6.98. The summed E-state index contributed by atoms with van der Waals surface area (Å²) in [4.78, 5) is 39.5. The predicted molar refractivity (Wildman–Crippen MR) is 109 cm³/mol. The number of rotatable bonds is 6. The highest BCUT2D eigenvalue weighted by atomic mass is 16.5. The van der Waals surface area contributed by atoms with Gasteiger partial charge in [0, 0.05) is 17.7 Å². The van der Waals surface area contributed by atoms with Gasteiger partial charge in [0.1, 0.15) is 6.54 Å². The molecule has 2 aromatic carbocycles. The van der Waals surface area contributed by atoms with E-state index in [1.54, 1.807) is 6.92 Å². The number of H-pyrrole nitrogens is 1. The van der Waals surface area contributed by atoms with Crippen LogP contribution in [0.3, 0.4) is 0 Å². The van der Waals surface area contributed by atoms with E-state index in [2.05, 4.69) is 4.98 Å². The maximum absolute atomic E-state index is 12.5. The summed E-state index contributed by atoms with van der Waals surface area (Å²) in [6.07, 6.45) is 0.368. The molecule has 146 valence electrons. The Morgan fingerprint density at radius 3 is 2.54 bits per heavy atom. The molecule has 0 aliphatic carbocycles. The maximum atomic E-state index is 12.5. The lowest BCUT2D eigenvalue weighted by Gasteiger charge is -2.18. The predicted octanol–water partition coefficient (Wildman–Crippen LogP) is 2.97. The van der Waals surface area contributed by atoms with Gasteiger partial charge in [0.25, 0.3) is 5.56 Å². The van der Waals surface area contributed by atoms with E-state index in [4.69, 9.17) is 4.74 Å². The van der Waals surface area contributed by atoms with Gasteiger partial charge in [-0.3, -0.25) is 19.1 Å². The second kappa shape index (κ2) is 8.25. The number of esters is 1. The monoisotopic (exact) mass is 380 g/mol. The van der Waals surface area contributed by atoms with Gasteiger partial charge in [0.15, 0.2) is 0 Å². The van der Waals surface area contributed by atoms with Crippen LogP contribution in [0.1, 0.15) is 43.5 Å². The molecule has 1 N–H and O–H groups in total. The largest absolute Gasteiger partial charge is 0.465 e. The van der Waals surface area contributed by atoms with Crippen LogP contribution in [0, 0.1) is 0 Å². The van der Waals surface area contributed by atoms with E-state index in [0.717, 1.165) is 16.3 Å². The first kappa shape index (κ1) is 19.6. The molecule has 0 saturated carbocycles. The normalized spacial score (nSPS) is 11.1. The van der Waals surface area contributed by atoms with Crippen LogP contribution >= 0.6 is 0 Å². The Labute approximate surface area is 162 Å². The molecule has 3 aromatic rings. The average Bonchev–Trinajstić information content (AvgIpc) is 2.65. The van der Waals surface area contributed by atoms with Gasteiger partial charge in [0.2, 0.25) is 0 Å². The molecule has 0 amide bonds. The van der Waals surface area contributed by atoms with Crippen molar-refractivity contribution in [3.8, 4) is 0 Å². The standard InChI is InChI=1S/C22H24N2O4/c1-4-28-19(25)13-24-18(20(14(2)3)21(26)23-22(24)27)12-16-10-7-9-15-8-5-6-11-17(15)16/h5-11,14H,4,12-13H2,1-3H3,(H,23,26,27). The molecule has 0 unspecified atom stereocenters. The van der Waals surface area contributed by atoms with Crippen LogP contribution in [0.4, 0.5) is 0 Å². The van der Waals surface area contributed by atoms with Gasteiger partial charge < -0.3 is 4.74 Å². The summed E-state index contributed by atoms with van der Waals surface area (Å²) in [7, 11) is 0. The lowest BCUT2D eigenvalue weighted by Crippen LogP contribution is -2.38. The lowest BCUT2D eigenvalue weighted by molar-refractivity contribution is -0.143. The number of hydrogen-bond donors (Lipinski definition) is 1. The van der Waals surface area contributed by atoms with E-state index in [1.807, 2.05) is 56.3 Å². The average molecular weight is 380 g/mol. The second-order valence-corrected chi connectivity index (χ2v) is 6.98. The molecule has 0 atom stereocenters. The number of nitrogens with one attached hydrogen (secondary N) is 1. The summed E-state index contributed by atoms with van der Waals surface area (Å²) in [5.74, 6) is -0.617. The van der Waals surface area contributed by atoms with Crippen molar-refractivity contribution in [2.24, 2.45) is 0 Å². The van der Waals surface area contributed by atoms with Crippen molar-refractivity contribution in [1.29, 1.82) is 0 Å². The Bertz CT molecular complexity index is 1120. The molecule has 0 spiro atoms. The summed E-state index contributed by atoms with van der Waals surface area (Å²) in [5.41, 5.74) is 1.04. The van der Waals surface area contributed by atoms with Gasteiger partial charge in [-0.15, -0.1) is 0 Å². The van der Waals surface area contributed by atoms with Crippen molar-refractivity contribution in [2.45, 2.75) is 39.7 Å². The van der Waals surface area contributed by atoms with E-state index in [0.29, 0.717) is 17.7 Å². The summed E-state index contributed by atoms with van der Waals surface area (Å²) < 4.78 is 6.35. The highest BCUT2D eigenvalue weighted by Crippen LogP contribution is 2.24. The van der Waals surface area contributed by atoms with Gasteiger partial charge in [-0.2, -0.15) is 0 Å². The highest BCUT2D eigenvalue weighted by Gasteiger charge is 2.20. The Morgan fingerprint density at radius 2 is 1.82 bits per heavy atom. The molecule has 0 bridgehead atoms. The van der Waals surface area contributed by atoms with Crippen molar-refractivity contribution in [3.05, 3.63) is 80.1 Å². The fourth-order valence-corrected chi connectivity index (χ4v) is 3.55. The molecular weight excluding hydrogens is 356 g/mol. The van der Waals surface area contributed by atoms with Crippen molar-refractivity contribution < 1.29 is 9.53 Å². The highest BCUT2D eigenvalue weighted by molar-refractivity contribution is 5.85. The zero-order valence-corrected chi connectivity index (χ0v) is 16.3. The van der Waals surface area contributed by atoms with E-state index < -0.39 is 17.2 Å². The van der Waals surface area contributed by atoms with E-state index in [1.165, 1.54) is 4.57 Å². The molecule has 0 aliphatic heterocycles. The molecule has 0 saturated heterocycles. The van der Waals surface area contributed by atoms with Crippen molar-refractivity contribution >= 4 is 16.7 Å². The van der Waals surface area contributed by atoms with Gasteiger partial charge in [-0.1, -0.05) is 56.3 Å². The molecular formula is C22H24N2O4. The van der Waals surface area contributed by atoms with Crippen molar-refractivity contribution in [3.63, 3.8) is 0 Å². The fraction of sp³-hybridized carbons (Fsp3) is 0.318. The fourth-order valence-electron chi connectivity index (χ4n) is 3.55. The Hall–Kier alpha value is -3.15. The first-order chi connectivity index (χ1) is 13.4. The third-order valence-electron chi connectivity index (χ3n) is 4.75. The van der Waals surface area contributed by atoms with Gasteiger partial charge >= 0.3 is 11.7 Å². The third kappa shape index (κ3) is 3.91. The third-order valence-corrected chi connectivity index (χ3v) is 4.75. The van der Waals surface area contributed by atoms with E-state index in [-0.39, 0.29) is 19.1 Å². The Morgan fingerprint density at radius 1 is 1.11 bits per heavy atom. The van der Waals surface area contributed by atoms with Gasteiger partial charge in [0.05, 0.1) is 6.61 Å². The molecule has 0 aliphatic rings. The number of benzene rings is 2. The van der Waals surface area contributed by atoms with Crippen LogP contribution in [-0.2, 0) is 22.5 Å². The number of carbonyl (C=O) groups excluding carboxylic acids is 1. The van der Waals surface area contributed by atoms with Crippen LogP contribution in [0.5, 0.6) is 0 Å². The molecule has 0 radical (unpaired) electrons. The first-order valence-corrected chi connectivity index (χ1v) is 9.40. The SMILES string of the molecule is CCOC(=O)Cn1c(Cc2cccc3ccccc23)c(C(C)C)c(=O)[nH]c1=O. The minimum absolute atomic E-state index is 0.109. The summed E-state index contributed by atoms with van der Waals surface area (Å²) in [5, 5.41) is 2.13. The topological polar surface area (TPSA) is 81.2 Å². The van der Waals surface area contributed by atoms with Crippen LogP contribution in [0.2, 0.25) is 0 Å². The smallest absolute Gasteiger partial charge is 0.329 e. The van der Waals surface area contributed by atoms with Crippen LogP contribution < -0.4 is 11.2 Å². The number of ether oxygens (including phenoxy) is 1. The molecule has 28 heavy (non-hydrogen) atoms. The molecule has 1 aromatic heterocycles. The van der Waals surface area contributed by atoms with Crippen molar-refractivity contribution in [1.82, 2.24) is 9.55 Å². The minimum Gasteiger partial charge on any atom is -0.465 e. The lowest BCUT2D eigenvalue weighted by atomic mass is 9.95. The molecule has 6 nitrogen and oxygen atoms in total. The minimum atomic E-state index is -0.599.